The second kappa shape index (κ2) is 5.90. The summed E-state index contributed by atoms with van der Waals surface area (Å²) in [6.07, 6.45) is 4.61. The van der Waals surface area contributed by atoms with E-state index in [1.807, 2.05) is 0 Å². The molecule has 0 radical (unpaired) electrons. The summed E-state index contributed by atoms with van der Waals surface area (Å²) in [6.45, 7) is 4.37. The number of aryl methyl sites for hydroxylation is 1. The second-order valence-electron chi connectivity index (χ2n) is 5.55. The fourth-order valence-corrected chi connectivity index (χ4v) is 3.36. The van der Waals surface area contributed by atoms with Crippen LogP contribution in [0.1, 0.15) is 35.6 Å². The molecule has 1 atom stereocenters. The van der Waals surface area contributed by atoms with Crippen molar-refractivity contribution in [3.63, 3.8) is 0 Å². The van der Waals surface area contributed by atoms with E-state index in [1.54, 1.807) is 0 Å². The lowest BCUT2D eigenvalue weighted by Crippen LogP contribution is -2.23. The minimum absolute atomic E-state index is 0.516. The van der Waals surface area contributed by atoms with Gasteiger partial charge in [0.05, 0.1) is 0 Å². The van der Waals surface area contributed by atoms with Crippen LogP contribution in [0.2, 0.25) is 0 Å². The zero-order chi connectivity index (χ0) is 13.9. The van der Waals surface area contributed by atoms with Crippen molar-refractivity contribution in [2.24, 2.45) is 0 Å². The van der Waals surface area contributed by atoms with Crippen LogP contribution in [0.25, 0.3) is 0 Å². The predicted octanol–water partition coefficient (Wildman–Crippen LogP) is 4.39. The Morgan fingerprint density at radius 2 is 2.10 bits per heavy atom. The Balaban J connectivity index is 1.83. The number of aromatic nitrogens is 1. The number of likely N-dealkylation sites (tertiary alicyclic amines) is 1. The van der Waals surface area contributed by atoms with Crippen LogP contribution in [0.4, 0.5) is 0 Å². The van der Waals surface area contributed by atoms with Gasteiger partial charge in [0.2, 0.25) is 0 Å². The summed E-state index contributed by atoms with van der Waals surface area (Å²) >= 11 is 5.20. The Morgan fingerprint density at radius 3 is 2.85 bits per heavy atom. The van der Waals surface area contributed by atoms with Crippen molar-refractivity contribution in [1.29, 1.82) is 0 Å². The van der Waals surface area contributed by atoms with Gasteiger partial charge in [0, 0.05) is 18.8 Å². The van der Waals surface area contributed by atoms with Gasteiger partial charge in [-0.1, -0.05) is 42.5 Å². The zero-order valence-corrected chi connectivity index (χ0v) is 12.6. The van der Waals surface area contributed by atoms with Crippen molar-refractivity contribution in [2.75, 3.05) is 6.54 Å². The Bertz CT molecular complexity index is 633. The number of pyridine rings is 1. The number of nitrogens with zero attached hydrogens (tertiary/aromatic N) is 1. The first-order valence-electron chi connectivity index (χ1n) is 7.21. The third-order valence-electron chi connectivity index (χ3n) is 4.12. The van der Waals surface area contributed by atoms with Crippen LogP contribution < -0.4 is 0 Å². The lowest BCUT2D eigenvalue weighted by atomic mass is 10.0. The number of aromatic amines is 1. The van der Waals surface area contributed by atoms with E-state index in [9.17, 15) is 0 Å². The molecule has 2 heterocycles. The van der Waals surface area contributed by atoms with Crippen molar-refractivity contribution in [2.45, 2.75) is 32.4 Å². The Hall–Kier alpha value is -1.45. The van der Waals surface area contributed by atoms with E-state index in [0.717, 1.165) is 11.2 Å². The maximum atomic E-state index is 5.20. The molecule has 1 saturated heterocycles. The van der Waals surface area contributed by atoms with E-state index >= 15 is 0 Å². The number of H-pyrrole nitrogens is 1. The van der Waals surface area contributed by atoms with E-state index in [1.165, 1.54) is 36.1 Å². The van der Waals surface area contributed by atoms with Gasteiger partial charge < -0.3 is 4.98 Å². The van der Waals surface area contributed by atoms with Crippen LogP contribution in [-0.2, 0) is 6.54 Å². The van der Waals surface area contributed by atoms with Gasteiger partial charge in [-0.05, 0) is 49.1 Å². The Morgan fingerprint density at radius 1 is 1.30 bits per heavy atom. The summed E-state index contributed by atoms with van der Waals surface area (Å²) in [6, 6.07) is 13.3. The fraction of sp³-hybridized carbons (Fsp3) is 0.353. The third kappa shape index (κ3) is 2.84. The van der Waals surface area contributed by atoms with Gasteiger partial charge in [-0.25, -0.2) is 0 Å². The highest BCUT2D eigenvalue weighted by atomic mass is 32.1. The van der Waals surface area contributed by atoms with E-state index in [4.69, 9.17) is 12.2 Å². The summed E-state index contributed by atoms with van der Waals surface area (Å²) in [7, 11) is 0. The first-order chi connectivity index (χ1) is 9.74. The number of hydrogen-bond acceptors (Lipinski definition) is 2. The molecule has 3 rings (SSSR count). The van der Waals surface area contributed by atoms with Gasteiger partial charge in [0.25, 0.3) is 0 Å². The van der Waals surface area contributed by atoms with Gasteiger partial charge in [-0.15, -0.1) is 0 Å². The lowest BCUT2D eigenvalue weighted by Gasteiger charge is -2.26. The molecule has 1 unspecified atom stereocenters. The molecule has 1 N–H and O–H groups in total. The standard InChI is InChI=1S/C17H20N2S/c1-13-10-17(20)18-11-15(13)16-8-5-9-19(16)12-14-6-3-2-4-7-14/h2-4,6-7,10-11,16H,5,8-9,12H2,1H3,(H,18,20). The number of nitrogens with one attached hydrogen (secondary N) is 1. The van der Waals surface area contributed by atoms with E-state index in [-0.39, 0.29) is 0 Å². The zero-order valence-electron chi connectivity index (χ0n) is 11.8. The first-order valence-corrected chi connectivity index (χ1v) is 7.62. The average Bonchev–Trinajstić information content (AvgIpc) is 2.88. The lowest BCUT2D eigenvalue weighted by molar-refractivity contribution is 0.247. The highest BCUT2D eigenvalue weighted by Crippen LogP contribution is 2.34. The van der Waals surface area contributed by atoms with Gasteiger partial charge in [0.1, 0.15) is 4.64 Å². The van der Waals surface area contributed by atoms with Crippen LogP contribution in [-0.4, -0.2) is 16.4 Å². The third-order valence-corrected chi connectivity index (χ3v) is 4.36. The summed E-state index contributed by atoms with van der Waals surface area (Å²) in [5.41, 5.74) is 4.09. The van der Waals surface area contributed by atoms with Crippen molar-refractivity contribution >= 4 is 12.2 Å². The van der Waals surface area contributed by atoms with Crippen molar-refractivity contribution < 1.29 is 0 Å². The average molecular weight is 284 g/mol. The molecule has 20 heavy (non-hydrogen) atoms. The molecule has 2 nitrogen and oxygen atoms in total. The molecule has 1 aromatic carbocycles. The van der Waals surface area contributed by atoms with Crippen LogP contribution in [0.3, 0.4) is 0 Å². The van der Waals surface area contributed by atoms with Crippen LogP contribution in [0.5, 0.6) is 0 Å². The maximum Gasteiger partial charge on any atom is 0.103 e. The Kier molecular flexibility index (Phi) is 3.99. The SMILES string of the molecule is Cc1cc(=S)[nH]cc1C1CCCN1Cc1ccccc1. The highest BCUT2D eigenvalue weighted by molar-refractivity contribution is 7.71. The minimum Gasteiger partial charge on any atom is -0.353 e. The van der Waals surface area contributed by atoms with Crippen LogP contribution in [0, 0.1) is 11.6 Å². The predicted molar refractivity (Wildman–Crippen MR) is 85.2 cm³/mol. The summed E-state index contributed by atoms with van der Waals surface area (Å²) in [5.74, 6) is 0. The van der Waals surface area contributed by atoms with Crippen LogP contribution in [0.15, 0.2) is 42.6 Å². The van der Waals surface area contributed by atoms with Crippen molar-refractivity contribution in [1.82, 2.24) is 9.88 Å². The molecule has 2 aromatic rings. The Labute approximate surface area is 125 Å². The molecular weight excluding hydrogens is 264 g/mol. The number of rotatable bonds is 3. The normalized spacial score (nSPS) is 19.4. The summed E-state index contributed by atoms with van der Waals surface area (Å²) in [4.78, 5) is 5.77. The van der Waals surface area contributed by atoms with Crippen molar-refractivity contribution in [3.8, 4) is 0 Å². The highest BCUT2D eigenvalue weighted by Gasteiger charge is 2.26. The summed E-state index contributed by atoms with van der Waals surface area (Å²) in [5, 5.41) is 0. The smallest absolute Gasteiger partial charge is 0.103 e. The second-order valence-corrected chi connectivity index (χ2v) is 5.99. The van der Waals surface area contributed by atoms with Crippen molar-refractivity contribution in [3.05, 3.63) is 63.9 Å². The number of hydrogen-bond donors (Lipinski definition) is 1. The molecule has 1 aliphatic heterocycles. The van der Waals surface area contributed by atoms with Crippen LogP contribution >= 0.6 is 12.2 Å². The molecule has 1 aromatic heterocycles. The molecule has 0 bridgehead atoms. The summed E-state index contributed by atoms with van der Waals surface area (Å²) < 4.78 is 0.818. The molecule has 0 saturated carbocycles. The molecule has 104 valence electrons. The van der Waals surface area contributed by atoms with E-state index < -0.39 is 0 Å². The topological polar surface area (TPSA) is 19.0 Å². The maximum absolute atomic E-state index is 5.20. The molecular formula is C17H20N2S. The molecule has 0 spiro atoms. The molecule has 3 heteroatoms. The molecule has 1 fully saturated rings. The monoisotopic (exact) mass is 284 g/mol. The number of benzene rings is 1. The molecule has 0 aliphatic carbocycles. The first kappa shape index (κ1) is 13.5. The molecule has 1 aliphatic rings. The van der Waals surface area contributed by atoms with Gasteiger partial charge >= 0.3 is 0 Å². The van der Waals surface area contributed by atoms with Gasteiger partial charge in [-0.2, -0.15) is 0 Å². The largest absolute Gasteiger partial charge is 0.353 e. The van der Waals surface area contributed by atoms with E-state index in [0.29, 0.717) is 6.04 Å². The fourth-order valence-electron chi connectivity index (χ4n) is 3.13. The minimum atomic E-state index is 0.516. The van der Waals surface area contributed by atoms with Gasteiger partial charge in [-0.3, -0.25) is 4.90 Å². The van der Waals surface area contributed by atoms with E-state index in [2.05, 4.69) is 59.4 Å². The molecule has 0 amide bonds. The van der Waals surface area contributed by atoms with Gasteiger partial charge in [0.15, 0.2) is 0 Å². The quantitative estimate of drug-likeness (QED) is 0.843.